The van der Waals surface area contributed by atoms with Crippen molar-refractivity contribution in [3.05, 3.63) is 30.0 Å². The highest BCUT2D eigenvalue weighted by Crippen LogP contribution is 2.43. The van der Waals surface area contributed by atoms with E-state index in [2.05, 4.69) is 18.9 Å². The molecule has 0 saturated carbocycles. The van der Waals surface area contributed by atoms with Crippen LogP contribution in [0.1, 0.15) is 0 Å². The number of alkyl halides is 10. The molecular formula is C16H11F10NO6. The Morgan fingerprint density at radius 1 is 0.818 bits per heavy atom. The van der Waals surface area contributed by atoms with E-state index in [1.807, 2.05) is 0 Å². The van der Waals surface area contributed by atoms with Crippen molar-refractivity contribution in [2.24, 2.45) is 0 Å². The number of benzene rings is 1. The van der Waals surface area contributed by atoms with Crippen LogP contribution in [0, 0.1) is 0 Å². The van der Waals surface area contributed by atoms with E-state index < -0.39 is 59.4 Å². The molecule has 0 atom stereocenters. The maximum absolute atomic E-state index is 13.3. The highest BCUT2D eigenvalue weighted by Gasteiger charge is 2.62. The molecule has 0 aliphatic heterocycles. The van der Waals surface area contributed by atoms with Crippen molar-refractivity contribution in [1.82, 2.24) is 0 Å². The molecule has 17 heteroatoms. The largest absolute Gasteiger partial charge is 0.499 e. The van der Waals surface area contributed by atoms with Gasteiger partial charge in [-0.25, -0.2) is 9.59 Å². The topological polar surface area (TPSA) is 83.1 Å². The minimum Gasteiger partial charge on any atom is -0.466 e. The third kappa shape index (κ3) is 7.04. The van der Waals surface area contributed by atoms with Crippen LogP contribution in [-0.2, 0) is 19.1 Å². The fourth-order valence-corrected chi connectivity index (χ4v) is 1.74. The van der Waals surface area contributed by atoms with Gasteiger partial charge in [0.15, 0.2) is 0 Å². The summed E-state index contributed by atoms with van der Waals surface area (Å²) in [5.74, 6) is -5.66. The van der Waals surface area contributed by atoms with Gasteiger partial charge in [0, 0.05) is 6.07 Å². The molecule has 7 nitrogen and oxygen atoms in total. The predicted molar refractivity (Wildman–Crippen MR) is 85.4 cm³/mol. The van der Waals surface area contributed by atoms with Crippen molar-refractivity contribution < 1.29 is 72.4 Å². The van der Waals surface area contributed by atoms with Gasteiger partial charge < -0.3 is 24.3 Å². The molecule has 0 saturated heterocycles. The molecule has 0 aromatic heterocycles. The molecule has 1 aromatic carbocycles. The lowest BCUT2D eigenvalue weighted by atomic mass is 10.2. The van der Waals surface area contributed by atoms with Crippen LogP contribution in [0.4, 0.5) is 49.6 Å². The van der Waals surface area contributed by atoms with Crippen LogP contribution in [0.5, 0.6) is 11.5 Å². The van der Waals surface area contributed by atoms with Crippen LogP contribution in [-0.4, -0.2) is 50.7 Å². The Labute approximate surface area is 176 Å². The van der Waals surface area contributed by atoms with Crippen LogP contribution in [0.3, 0.4) is 0 Å². The Bertz CT molecular complexity index is 910. The van der Waals surface area contributed by atoms with E-state index in [9.17, 15) is 53.5 Å². The van der Waals surface area contributed by atoms with E-state index in [0.717, 1.165) is 14.2 Å². The van der Waals surface area contributed by atoms with Crippen molar-refractivity contribution in [3.8, 4) is 11.5 Å². The molecule has 0 aliphatic rings. The van der Waals surface area contributed by atoms with Gasteiger partial charge in [0.25, 0.3) is 0 Å². The number of methoxy groups -OCH3 is 2. The molecule has 186 valence electrons. The maximum atomic E-state index is 13.3. The van der Waals surface area contributed by atoms with Gasteiger partial charge in [0.2, 0.25) is 0 Å². The predicted octanol–water partition coefficient (Wildman–Crippen LogP) is 4.40. The molecule has 33 heavy (non-hydrogen) atoms. The molecule has 0 spiro atoms. The van der Waals surface area contributed by atoms with Crippen LogP contribution in [0.2, 0.25) is 0 Å². The summed E-state index contributed by atoms with van der Waals surface area (Å²) in [6.07, 6.45) is -23.9. The zero-order chi connectivity index (χ0) is 25.8. The monoisotopic (exact) mass is 503 g/mol. The van der Waals surface area contributed by atoms with E-state index in [-0.39, 0.29) is 18.2 Å². The molecule has 0 unspecified atom stereocenters. The fraction of sp³-hybridized carbons (Fsp3) is 0.375. The first-order chi connectivity index (χ1) is 14.8. The smallest absolute Gasteiger partial charge is 0.466 e. The highest BCUT2D eigenvalue weighted by atomic mass is 19.4. The Hall–Kier alpha value is -3.40. The van der Waals surface area contributed by atoms with E-state index in [4.69, 9.17) is 0 Å². The molecule has 0 aliphatic carbocycles. The summed E-state index contributed by atoms with van der Waals surface area (Å²) in [5.41, 5.74) is -2.25. The van der Waals surface area contributed by atoms with E-state index in [1.165, 1.54) is 0 Å². The second kappa shape index (κ2) is 9.62. The number of carbonyl (C=O) groups excluding carboxylic acids is 2. The lowest BCUT2D eigenvalue weighted by molar-refractivity contribution is -0.361. The molecule has 1 N–H and O–H groups in total. The van der Waals surface area contributed by atoms with Gasteiger partial charge in [-0.2, -0.15) is 43.9 Å². The third-order valence-corrected chi connectivity index (χ3v) is 3.23. The van der Waals surface area contributed by atoms with Crippen molar-refractivity contribution in [1.29, 1.82) is 0 Å². The zero-order valence-electron chi connectivity index (χ0n) is 16.0. The number of carbonyl (C=O) groups is 2. The standard InChI is InChI=1S/C16H11F10NO6/c1-30-11(28)6-9(12(29)31-2)27-8-5-7(32-15(23,24)13(17,18)19)3-4-10(8)33-16(25,26)14(20,21)22/h3-6,27H,1-2H3/b9-6+. The first-order valence-electron chi connectivity index (χ1n) is 7.90. The molecule has 1 aromatic rings. The summed E-state index contributed by atoms with van der Waals surface area (Å²) in [4.78, 5) is 23.1. The van der Waals surface area contributed by atoms with Gasteiger partial charge in [-0.3, -0.25) is 0 Å². The highest BCUT2D eigenvalue weighted by molar-refractivity contribution is 5.99. The number of nitrogens with one attached hydrogen (secondary N) is 1. The normalized spacial score (nSPS) is 13.3. The van der Waals surface area contributed by atoms with Gasteiger partial charge in [0.1, 0.15) is 17.2 Å². The minimum absolute atomic E-state index is 0.0650. The van der Waals surface area contributed by atoms with Crippen LogP contribution < -0.4 is 14.8 Å². The summed E-state index contributed by atoms with van der Waals surface area (Å²) >= 11 is 0. The van der Waals surface area contributed by atoms with Crippen LogP contribution in [0.25, 0.3) is 0 Å². The molecule has 0 fully saturated rings. The molecule has 0 amide bonds. The summed E-state index contributed by atoms with van der Waals surface area (Å²) in [5, 5.41) is 1.76. The number of rotatable bonds is 8. The lowest BCUT2D eigenvalue weighted by Crippen LogP contribution is -2.42. The van der Waals surface area contributed by atoms with Crippen molar-refractivity contribution in [2.75, 3.05) is 19.5 Å². The fourth-order valence-electron chi connectivity index (χ4n) is 1.74. The van der Waals surface area contributed by atoms with Crippen molar-refractivity contribution >= 4 is 17.6 Å². The lowest BCUT2D eigenvalue weighted by Gasteiger charge is -2.24. The van der Waals surface area contributed by atoms with Gasteiger partial charge in [0.05, 0.1) is 26.0 Å². The Morgan fingerprint density at radius 3 is 1.79 bits per heavy atom. The maximum Gasteiger partial charge on any atom is 0.499 e. The van der Waals surface area contributed by atoms with Gasteiger partial charge in [-0.1, -0.05) is 0 Å². The van der Waals surface area contributed by atoms with Gasteiger partial charge in [-0.05, 0) is 12.1 Å². The Morgan fingerprint density at radius 2 is 1.33 bits per heavy atom. The Kier molecular flexibility index (Phi) is 8.05. The van der Waals surface area contributed by atoms with Gasteiger partial charge >= 0.3 is 36.5 Å². The second-order valence-electron chi connectivity index (χ2n) is 5.59. The van der Waals surface area contributed by atoms with Crippen molar-refractivity contribution in [2.45, 2.75) is 24.6 Å². The minimum atomic E-state index is -6.28. The number of anilines is 1. The van der Waals surface area contributed by atoms with Crippen LogP contribution >= 0.6 is 0 Å². The van der Waals surface area contributed by atoms with Crippen LogP contribution in [0.15, 0.2) is 30.0 Å². The van der Waals surface area contributed by atoms with E-state index in [0.29, 0.717) is 6.08 Å². The summed E-state index contributed by atoms with van der Waals surface area (Å²) in [6.45, 7) is 0. The zero-order valence-corrected chi connectivity index (χ0v) is 16.0. The molecule has 0 radical (unpaired) electrons. The second-order valence-corrected chi connectivity index (χ2v) is 5.59. The molecule has 0 heterocycles. The number of esters is 2. The summed E-state index contributed by atoms with van der Waals surface area (Å²) < 4.78 is 143. The van der Waals surface area contributed by atoms with E-state index in [1.54, 1.807) is 5.32 Å². The third-order valence-electron chi connectivity index (χ3n) is 3.23. The molecular weight excluding hydrogens is 492 g/mol. The SMILES string of the molecule is COC(=O)/C=C(/Nc1cc(OC(F)(F)C(F)(F)F)ccc1OC(F)(F)C(F)(F)F)C(=O)OC. The number of halogens is 10. The van der Waals surface area contributed by atoms with E-state index >= 15 is 0 Å². The first kappa shape index (κ1) is 27.6. The average molecular weight is 503 g/mol. The Balaban J connectivity index is 3.56. The molecule has 1 rings (SSSR count). The molecule has 0 bridgehead atoms. The quantitative estimate of drug-likeness (QED) is 0.320. The number of hydrogen-bond donors (Lipinski definition) is 1. The first-order valence-corrected chi connectivity index (χ1v) is 7.90. The average Bonchev–Trinajstić information content (AvgIpc) is 2.66. The summed E-state index contributed by atoms with van der Waals surface area (Å²) in [7, 11) is 1.56. The van der Waals surface area contributed by atoms with Gasteiger partial charge in [-0.15, -0.1) is 0 Å². The number of hydrogen-bond acceptors (Lipinski definition) is 7. The summed E-state index contributed by atoms with van der Waals surface area (Å²) in [6, 6.07) is 0.320. The van der Waals surface area contributed by atoms with Crippen molar-refractivity contribution in [3.63, 3.8) is 0 Å². The number of ether oxygens (including phenoxy) is 4.